The molecule has 0 radical (unpaired) electrons. The van der Waals surface area contributed by atoms with Gasteiger partial charge in [-0.1, -0.05) is 58.9 Å². The molecule has 0 aliphatic heterocycles. The van der Waals surface area contributed by atoms with Gasteiger partial charge in [0.05, 0.1) is 5.69 Å². The molecule has 1 amide bonds. The molecule has 0 aliphatic rings. The fourth-order valence-electron chi connectivity index (χ4n) is 3.08. The first-order valence-corrected chi connectivity index (χ1v) is 10.1. The number of carbonyl (C=O) groups is 2. The van der Waals surface area contributed by atoms with Gasteiger partial charge in [-0.05, 0) is 51.5 Å². The summed E-state index contributed by atoms with van der Waals surface area (Å²) in [4.78, 5) is 27.0. The molecule has 3 aromatic rings. The molecule has 0 fully saturated rings. The first kappa shape index (κ1) is 20.6. The summed E-state index contributed by atoms with van der Waals surface area (Å²) < 4.78 is 5.06. The Bertz CT molecular complexity index is 1040. The number of thiophene rings is 1. The van der Waals surface area contributed by atoms with E-state index in [1.807, 2.05) is 70.2 Å². The van der Waals surface area contributed by atoms with Crippen molar-refractivity contribution in [3.63, 3.8) is 0 Å². The summed E-state index contributed by atoms with van der Waals surface area (Å²) in [5.74, 6) is -0.205. The van der Waals surface area contributed by atoms with Gasteiger partial charge in [-0.15, -0.1) is 0 Å². The van der Waals surface area contributed by atoms with Gasteiger partial charge in [-0.25, -0.2) is 4.79 Å². The van der Waals surface area contributed by atoms with E-state index in [1.165, 1.54) is 11.3 Å². The van der Waals surface area contributed by atoms with Gasteiger partial charge in [0.25, 0.3) is 5.91 Å². The summed E-state index contributed by atoms with van der Waals surface area (Å²) in [6, 6.07) is 16.9. The van der Waals surface area contributed by atoms with Gasteiger partial charge in [0.2, 0.25) is 5.06 Å². The second-order valence-electron chi connectivity index (χ2n) is 7.16. The van der Waals surface area contributed by atoms with Crippen LogP contribution < -0.4 is 9.64 Å². The number of anilines is 1. The second kappa shape index (κ2) is 8.49. The SMILES string of the molecule is Cc1ccc(C(=O)N(c2cc(-c3cccc(C)c3)sc2OC(=O)O)C(C)C)cc1. The predicted octanol–water partition coefficient (Wildman–Crippen LogP) is 6.14. The van der Waals surface area contributed by atoms with Gasteiger partial charge in [-0.3, -0.25) is 4.79 Å². The average molecular weight is 410 g/mol. The number of hydrogen-bond acceptors (Lipinski definition) is 4. The molecule has 1 aromatic heterocycles. The number of nitrogens with zero attached hydrogens (tertiary/aromatic N) is 1. The van der Waals surface area contributed by atoms with Gasteiger partial charge in [0.1, 0.15) is 0 Å². The highest BCUT2D eigenvalue weighted by molar-refractivity contribution is 7.18. The van der Waals surface area contributed by atoms with Crippen LogP contribution in [0.4, 0.5) is 10.5 Å². The standard InChI is InChI=1S/C23H23NO4S/c1-14(2)24(21(25)17-10-8-15(3)9-11-17)19-13-20(29-22(19)28-23(26)27)18-7-5-6-16(4)12-18/h5-14H,1-4H3,(H,26,27). The van der Waals surface area contributed by atoms with Gasteiger partial charge in [0.15, 0.2) is 0 Å². The molecular formula is C23H23NO4S. The van der Waals surface area contributed by atoms with Crippen LogP contribution in [0.1, 0.15) is 35.3 Å². The van der Waals surface area contributed by atoms with E-state index in [0.29, 0.717) is 11.3 Å². The third kappa shape index (κ3) is 4.66. The molecule has 3 rings (SSSR count). The zero-order chi connectivity index (χ0) is 21.1. The zero-order valence-electron chi connectivity index (χ0n) is 16.8. The van der Waals surface area contributed by atoms with Crippen molar-refractivity contribution in [2.24, 2.45) is 0 Å². The summed E-state index contributed by atoms with van der Waals surface area (Å²) in [6.07, 6.45) is -1.41. The molecule has 1 heterocycles. The lowest BCUT2D eigenvalue weighted by molar-refractivity contribution is 0.0978. The molecule has 150 valence electrons. The Balaban J connectivity index is 2.10. The molecule has 0 bridgehead atoms. The van der Waals surface area contributed by atoms with Gasteiger partial charge < -0.3 is 14.7 Å². The zero-order valence-corrected chi connectivity index (χ0v) is 17.6. The number of amides is 1. The van der Waals surface area contributed by atoms with E-state index in [9.17, 15) is 14.7 Å². The third-order valence-corrected chi connectivity index (χ3v) is 5.51. The minimum atomic E-state index is -1.41. The van der Waals surface area contributed by atoms with E-state index in [-0.39, 0.29) is 17.0 Å². The molecular weight excluding hydrogens is 386 g/mol. The lowest BCUT2D eigenvalue weighted by Gasteiger charge is -2.26. The quantitative estimate of drug-likeness (QED) is 0.514. The van der Waals surface area contributed by atoms with Crippen molar-refractivity contribution >= 4 is 29.1 Å². The van der Waals surface area contributed by atoms with Crippen LogP contribution in [0.25, 0.3) is 10.4 Å². The molecule has 5 nitrogen and oxygen atoms in total. The average Bonchev–Trinajstić information content (AvgIpc) is 3.05. The Labute approximate surface area is 174 Å². The highest BCUT2D eigenvalue weighted by Gasteiger charge is 2.27. The van der Waals surface area contributed by atoms with Gasteiger partial charge >= 0.3 is 6.16 Å². The summed E-state index contributed by atoms with van der Waals surface area (Å²) in [5, 5.41) is 9.39. The van der Waals surface area contributed by atoms with Gasteiger partial charge in [-0.2, -0.15) is 0 Å². The Morgan fingerprint density at radius 3 is 2.28 bits per heavy atom. The fraction of sp³-hybridized carbons (Fsp3) is 0.217. The summed E-state index contributed by atoms with van der Waals surface area (Å²) >= 11 is 1.21. The van der Waals surface area contributed by atoms with Crippen LogP contribution in [-0.4, -0.2) is 23.2 Å². The second-order valence-corrected chi connectivity index (χ2v) is 8.17. The van der Waals surface area contributed by atoms with Crippen molar-refractivity contribution in [2.45, 2.75) is 33.7 Å². The largest absolute Gasteiger partial charge is 0.512 e. The number of rotatable bonds is 5. The molecule has 0 atom stereocenters. The van der Waals surface area contributed by atoms with Crippen LogP contribution in [0.5, 0.6) is 5.06 Å². The van der Waals surface area contributed by atoms with Crippen molar-refractivity contribution in [1.29, 1.82) is 0 Å². The molecule has 0 saturated heterocycles. The number of carboxylic acid groups (broad SMARTS) is 1. The summed E-state index contributed by atoms with van der Waals surface area (Å²) in [5.41, 5.74) is 4.09. The highest BCUT2D eigenvalue weighted by Crippen LogP contribution is 2.44. The molecule has 0 aliphatic carbocycles. The Morgan fingerprint density at radius 2 is 1.69 bits per heavy atom. The molecule has 0 saturated carbocycles. The van der Waals surface area contributed by atoms with E-state index in [0.717, 1.165) is 21.6 Å². The van der Waals surface area contributed by atoms with E-state index >= 15 is 0 Å². The van der Waals surface area contributed by atoms with Crippen LogP contribution in [0.15, 0.2) is 54.6 Å². The molecule has 1 N–H and O–H groups in total. The summed E-state index contributed by atoms with van der Waals surface area (Å²) in [7, 11) is 0. The van der Waals surface area contributed by atoms with Crippen molar-refractivity contribution in [2.75, 3.05) is 4.90 Å². The van der Waals surface area contributed by atoms with E-state index in [4.69, 9.17) is 4.74 Å². The molecule has 6 heteroatoms. The fourth-order valence-corrected chi connectivity index (χ4v) is 4.07. The normalized spacial score (nSPS) is 10.8. The Kier molecular flexibility index (Phi) is 6.03. The van der Waals surface area contributed by atoms with E-state index in [1.54, 1.807) is 17.0 Å². The smallest absolute Gasteiger partial charge is 0.449 e. The van der Waals surface area contributed by atoms with Crippen molar-refractivity contribution in [1.82, 2.24) is 0 Å². The van der Waals surface area contributed by atoms with Crippen molar-refractivity contribution < 1.29 is 19.4 Å². The van der Waals surface area contributed by atoms with E-state index < -0.39 is 6.16 Å². The van der Waals surface area contributed by atoms with Crippen LogP contribution >= 0.6 is 11.3 Å². The number of benzene rings is 2. The van der Waals surface area contributed by atoms with Crippen LogP contribution in [0.3, 0.4) is 0 Å². The molecule has 0 spiro atoms. The predicted molar refractivity (Wildman–Crippen MR) is 116 cm³/mol. The van der Waals surface area contributed by atoms with Crippen molar-refractivity contribution in [3.05, 3.63) is 71.3 Å². The number of aryl methyl sites for hydroxylation is 2. The topological polar surface area (TPSA) is 66.8 Å². The number of ether oxygens (including phenoxy) is 1. The molecule has 0 unspecified atom stereocenters. The molecule has 2 aromatic carbocycles. The third-order valence-electron chi connectivity index (χ3n) is 4.46. The first-order chi connectivity index (χ1) is 13.8. The molecule has 29 heavy (non-hydrogen) atoms. The minimum absolute atomic E-state index is 0.183. The summed E-state index contributed by atoms with van der Waals surface area (Å²) in [6.45, 7) is 7.73. The highest BCUT2D eigenvalue weighted by atomic mass is 32.1. The number of carbonyl (C=O) groups excluding carboxylic acids is 1. The Hall–Kier alpha value is -3.12. The van der Waals surface area contributed by atoms with Crippen molar-refractivity contribution in [3.8, 4) is 15.5 Å². The number of hydrogen-bond donors (Lipinski definition) is 1. The lowest BCUT2D eigenvalue weighted by atomic mass is 10.1. The minimum Gasteiger partial charge on any atom is -0.449 e. The van der Waals surface area contributed by atoms with Crippen LogP contribution in [0.2, 0.25) is 0 Å². The van der Waals surface area contributed by atoms with E-state index in [2.05, 4.69) is 0 Å². The Morgan fingerprint density at radius 1 is 1.00 bits per heavy atom. The van der Waals surface area contributed by atoms with Crippen LogP contribution in [-0.2, 0) is 0 Å². The first-order valence-electron chi connectivity index (χ1n) is 9.28. The maximum Gasteiger partial charge on any atom is 0.512 e. The maximum atomic E-state index is 13.3. The monoisotopic (exact) mass is 409 g/mol. The maximum absolute atomic E-state index is 13.3. The van der Waals surface area contributed by atoms with Crippen LogP contribution in [0, 0.1) is 13.8 Å². The lowest BCUT2D eigenvalue weighted by Crippen LogP contribution is -2.37. The van der Waals surface area contributed by atoms with Gasteiger partial charge in [0, 0.05) is 16.5 Å².